The van der Waals surface area contributed by atoms with Crippen LogP contribution in [0.25, 0.3) is 0 Å². The highest BCUT2D eigenvalue weighted by Crippen LogP contribution is 2.29. The Morgan fingerprint density at radius 3 is 3.11 bits per heavy atom. The minimum atomic E-state index is 0.0122. The van der Waals surface area contributed by atoms with Gasteiger partial charge in [-0.2, -0.15) is 0 Å². The van der Waals surface area contributed by atoms with Crippen molar-refractivity contribution in [3.05, 3.63) is 24.0 Å². The van der Waals surface area contributed by atoms with Gasteiger partial charge in [0.25, 0.3) is 0 Å². The number of rotatable bonds is 6. The Balaban J connectivity index is 1.82. The van der Waals surface area contributed by atoms with Crippen LogP contribution in [-0.4, -0.2) is 41.5 Å². The first kappa shape index (κ1) is 14.1. The summed E-state index contributed by atoms with van der Waals surface area (Å²) in [7, 11) is 1.96. The van der Waals surface area contributed by atoms with Crippen LogP contribution >= 0.6 is 0 Å². The second kappa shape index (κ2) is 6.24. The molecule has 2 rings (SSSR count). The molecule has 19 heavy (non-hydrogen) atoms. The summed E-state index contributed by atoms with van der Waals surface area (Å²) in [5.74, 6) is 0.307. The standard InChI is InChI=1S/C15H25N3O/c1-15(12-16-2)9-5-11-18(15)14(19)8-3-6-13-7-4-10-17-13/h4,7,10,16-17H,3,5-6,8-9,11-12H2,1-2H3. The van der Waals surface area contributed by atoms with E-state index in [4.69, 9.17) is 0 Å². The fourth-order valence-electron chi connectivity index (χ4n) is 3.10. The summed E-state index contributed by atoms with van der Waals surface area (Å²) in [6, 6.07) is 4.08. The van der Waals surface area contributed by atoms with E-state index in [-0.39, 0.29) is 5.54 Å². The maximum Gasteiger partial charge on any atom is 0.223 e. The highest BCUT2D eigenvalue weighted by Gasteiger charge is 2.38. The largest absolute Gasteiger partial charge is 0.365 e. The number of hydrogen-bond donors (Lipinski definition) is 2. The molecule has 0 aliphatic carbocycles. The molecule has 1 unspecified atom stereocenters. The third-order valence-corrected chi connectivity index (χ3v) is 4.11. The normalized spacial score (nSPS) is 22.9. The van der Waals surface area contributed by atoms with E-state index in [1.807, 2.05) is 19.3 Å². The van der Waals surface area contributed by atoms with Crippen LogP contribution in [0.3, 0.4) is 0 Å². The molecule has 0 bridgehead atoms. The Morgan fingerprint density at radius 1 is 1.58 bits per heavy atom. The van der Waals surface area contributed by atoms with Gasteiger partial charge in [0.05, 0.1) is 5.54 Å². The SMILES string of the molecule is CNCC1(C)CCCN1C(=O)CCCc1ccc[nH]1. The predicted molar refractivity (Wildman–Crippen MR) is 77.0 cm³/mol. The minimum absolute atomic E-state index is 0.0122. The van der Waals surface area contributed by atoms with Crippen LogP contribution in [0.2, 0.25) is 0 Å². The molecule has 4 heteroatoms. The third-order valence-electron chi connectivity index (χ3n) is 4.11. The zero-order chi connectivity index (χ0) is 13.7. The number of nitrogens with zero attached hydrogens (tertiary/aromatic N) is 1. The molecule has 2 heterocycles. The molecule has 0 spiro atoms. The van der Waals surface area contributed by atoms with Crippen LogP contribution in [0.15, 0.2) is 18.3 Å². The fraction of sp³-hybridized carbons (Fsp3) is 0.667. The van der Waals surface area contributed by atoms with Crippen molar-refractivity contribution < 1.29 is 4.79 Å². The van der Waals surface area contributed by atoms with Crippen molar-refractivity contribution >= 4 is 5.91 Å². The number of aromatic amines is 1. The van der Waals surface area contributed by atoms with Crippen LogP contribution in [0.4, 0.5) is 0 Å². The molecule has 1 saturated heterocycles. The van der Waals surface area contributed by atoms with E-state index in [1.54, 1.807) is 0 Å². The van der Waals surface area contributed by atoms with E-state index >= 15 is 0 Å². The molecular formula is C15H25N3O. The van der Waals surface area contributed by atoms with Crippen molar-refractivity contribution in [1.82, 2.24) is 15.2 Å². The summed E-state index contributed by atoms with van der Waals surface area (Å²) >= 11 is 0. The van der Waals surface area contributed by atoms with E-state index < -0.39 is 0 Å². The molecule has 0 radical (unpaired) electrons. The Kier molecular flexibility index (Phi) is 4.64. The van der Waals surface area contributed by atoms with Crippen LogP contribution in [0.1, 0.15) is 38.3 Å². The first-order valence-corrected chi connectivity index (χ1v) is 7.23. The van der Waals surface area contributed by atoms with E-state index in [9.17, 15) is 4.79 Å². The van der Waals surface area contributed by atoms with Crippen molar-refractivity contribution in [2.45, 2.75) is 44.6 Å². The number of carbonyl (C=O) groups is 1. The van der Waals surface area contributed by atoms with Crippen LogP contribution in [0, 0.1) is 0 Å². The summed E-state index contributed by atoms with van der Waals surface area (Å²) < 4.78 is 0. The molecule has 1 atom stereocenters. The summed E-state index contributed by atoms with van der Waals surface area (Å²) in [4.78, 5) is 17.6. The average Bonchev–Trinajstić information content (AvgIpc) is 2.99. The van der Waals surface area contributed by atoms with E-state index in [0.29, 0.717) is 12.3 Å². The number of nitrogens with one attached hydrogen (secondary N) is 2. The summed E-state index contributed by atoms with van der Waals surface area (Å²) in [5.41, 5.74) is 1.23. The third kappa shape index (κ3) is 3.38. The quantitative estimate of drug-likeness (QED) is 0.824. The molecule has 106 valence electrons. The van der Waals surface area contributed by atoms with Gasteiger partial charge >= 0.3 is 0 Å². The number of likely N-dealkylation sites (tertiary alicyclic amines) is 1. The lowest BCUT2D eigenvalue weighted by atomic mass is 9.98. The zero-order valence-electron chi connectivity index (χ0n) is 12.0. The molecule has 1 amide bonds. The molecule has 2 N–H and O–H groups in total. The van der Waals surface area contributed by atoms with Crippen LogP contribution in [-0.2, 0) is 11.2 Å². The fourth-order valence-corrected chi connectivity index (χ4v) is 3.10. The molecule has 1 aromatic rings. The average molecular weight is 263 g/mol. The van der Waals surface area contributed by atoms with E-state index in [0.717, 1.165) is 38.8 Å². The molecule has 1 aliphatic rings. The number of H-pyrrole nitrogens is 1. The van der Waals surface area contributed by atoms with Crippen molar-refractivity contribution in [3.63, 3.8) is 0 Å². The maximum atomic E-state index is 12.4. The highest BCUT2D eigenvalue weighted by atomic mass is 16.2. The van der Waals surface area contributed by atoms with Gasteiger partial charge in [-0.1, -0.05) is 0 Å². The highest BCUT2D eigenvalue weighted by molar-refractivity contribution is 5.77. The first-order chi connectivity index (χ1) is 9.15. The lowest BCUT2D eigenvalue weighted by Crippen LogP contribution is -2.50. The molecule has 1 aromatic heterocycles. The molecule has 0 saturated carbocycles. The number of amides is 1. The van der Waals surface area contributed by atoms with Gasteiger partial charge in [0.1, 0.15) is 0 Å². The van der Waals surface area contributed by atoms with Crippen molar-refractivity contribution in [2.24, 2.45) is 0 Å². The maximum absolute atomic E-state index is 12.4. The second-order valence-corrected chi connectivity index (χ2v) is 5.73. The van der Waals surface area contributed by atoms with Crippen molar-refractivity contribution in [2.75, 3.05) is 20.1 Å². The first-order valence-electron chi connectivity index (χ1n) is 7.23. The Bertz CT molecular complexity index is 402. The molecule has 1 aliphatic heterocycles. The van der Waals surface area contributed by atoms with Gasteiger partial charge in [0, 0.05) is 31.4 Å². The van der Waals surface area contributed by atoms with Crippen molar-refractivity contribution in [3.8, 4) is 0 Å². The Morgan fingerprint density at radius 2 is 2.42 bits per heavy atom. The van der Waals surface area contributed by atoms with Gasteiger partial charge in [-0.3, -0.25) is 4.79 Å². The topological polar surface area (TPSA) is 48.1 Å². The smallest absolute Gasteiger partial charge is 0.223 e. The Labute approximate surface area is 115 Å². The second-order valence-electron chi connectivity index (χ2n) is 5.73. The summed E-state index contributed by atoms with van der Waals surface area (Å²) in [6.07, 6.45) is 6.69. The van der Waals surface area contributed by atoms with Gasteiger partial charge in [-0.05, 0) is 51.8 Å². The van der Waals surface area contributed by atoms with Gasteiger partial charge in [0.2, 0.25) is 5.91 Å². The van der Waals surface area contributed by atoms with Crippen LogP contribution < -0.4 is 5.32 Å². The lowest BCUT2D eigenvalue weighted by molar-refractivity contribution is -0.134. The lowest BCUT2D eigenvalue weighted by Gasteiger charge is -2.35. The number of carbonyl (C=O) groups excluding carboxylic acids is 1. The zero-order valence-corrected chi connectivity index (χ0v) is 12.0. The number of likely N-dealkylation sites (N-methyl/N-ethyl adjacent to an activating group) is 1. The molecule has 0 aromatic carbocycles. The van der Waals surface area contributed by atoms with Gasteiger partial charge in [-0.25, -0.2) is 0 Å². The van der Waals surface area contributed by atoms with Gasteiger partial charge < -0.3 is 15.2 Å². The minimum Gasteiger partial charge on any atom is -0.365 e. The van der Waals surface area contributed by atoms with E-state index in [2.05, 4.69) is 28.2 Å². The van der Waals surface area contributed by atoms with E-state index in [1.165, 1.54) is 5.69 Å². The molecular weight excluding hydrogens is 238 g/mol. The molecule has 1 fully saturated rings. The number of hydrogen-bond acceptors (Lipinski definition) is 2. The number of aryl methyl sites for hydroxylation is 1. The molecule has 4 nitrogen and oxygen atoms in total. The monoisotopic (exact) mass is 263 g/mol. The number of aromatic nitrogens is 1. The van der Waals surface area contributed by atoms with Crippen LogP contribution in [0.5, 0.6) is 0 Å². The predicted octanol–water partition coefficient (Wildman–Crippen LogP) is 1.94. The van der Waals surface area contributed by atoms with Gasteiger partial charge in [-0.15, -0.1) is 0 Å². The Hall–Kier alpha value is -1.29. The summed E-state index contributed by atoms with van der Waals surface area (Å²) in [6.45, 7) is 3.99. The van der Waals surface area contributed by atoms with Gasteiger partial charge in [0.15, 0.2) is 0 Å². The summed E-state index contributed by atoms with van der Waals surface area (Å²) in [5, 5.41) is 3.21. The van der Waals surface area contributed by atoms with Crippen molar-refractivity contribution in [1.29, 1.82) is 0 Å².